The number of hydrogen-bond donors (Lipinski definition) is 2. The predicted octanol–water partition coefficient (Wildman–Crippen LogP) is 1.41. The van der Waals surface area contributed by atoms with Crippen LogP contribution in [0.3, 0.4) is 0 Å². The van der Waals surface area contributed by atoms with Crippen molar-refractivity contribution in [1.82, 2.24) is 15.2 Å². The summed E-state index contributed by atoms with van der Waals surface area (Å²) in [6, 6.07) is 0.846. The normalized spacial score (nSPS) is 19.6. The molecule has 1 aliphatic carbocycles. The highest BCUT2D eigenvalue weighted by Crippen LogP contribution is 2.20. The third-order valence-electron chi connectivity index (χ3n) is 3.78. The van der Waals surface area contributed by atoms with Gasteiger partial charge in [0.1, 0.15) is 0 Å². The number of likely N-dealkylation sites (N-methyl/N-ethyl adjacent to an activating group) is 2. The molecule has 1 fully saturated rings. The van der Waals surface area contributed by atoms with E-state index in [0.29, 0.717) is 12.1 Å². The van der Waals surface area contributed by atoms with Crippen LogP contribution in [0.4, 0.5) is 0 Å². The van der Waals surface area contributed by atoms with Crippen molar-refractivity contribution >= 4 is 5.96 Å². The van der Waals surface area contributed by atoms with Crippen LogP contribution in [0.1, 0.15) is 46.0 Å². The predicted molar refractivity (Wildman–Crippen MR) is 82.0 cm³/mol. The number of hydrazine groups is 1. The van der Waals surface area contributed by atoms with Crippen molar-refractivity contribution in [2.75, 3.05) is 27.2 Å². The van der Waals surface area contributed by atoms with Crippen molar-refractivity contribution in [3.63, 3.8) is 0 Å². The average molecular weight is 269 g/mol. The second kappa shape index (κ2) is 8.38. The number of nitrogens with one attached hydrogen (secondary N) is 1. The van der Waals surface area contributed by atoms with E-state index in [2.05, 4.69) is 43.2 Å². The van der Waals surface area contributed by atoms with Crippen LogP contribution in [0, 0.1) is 0 Å². The van der Waals surface area contributed by atoms with Gasteiger partial charge in [-0.3, -0.25) is 5.43 Å². The van der Waals surface area contributed by atoms with E-state index in [-0.39, 0.29) is 0 Å². The highest BCUT2D eigenvalue weighted by atomic mass is 15.4. The molecule has 1 rings (SSSR count). The largest absolute Gasteiger partial charge is 0.338 e. The van der Waals surface area contributed by atoms with Crippen LogP contribution in [-0.4, -0.2) is 55.0 Å². The van der Waals surface area contributed by atoms with Gasteiger partial charge < -0.3 is 9.80 Å². The van der Waals surface area contributed by atoms with E-state index in [1.807, 2.05) is 0 Å². The molecule has 5 heteroatoms. The quantitative estimate of drug-likeness (QED) is 0.343. The Morgan fingerprint density at radius 3 is 2.42 bits per heavy atom. The molecule has 0 bridgehead atoms. The summed E-state index contributed by atoms with van der Waals surface area (Å²) in [7, 11) is 4.19. The summed E-state index contributed by atoms with van der Waals surface area (Å²) in [6.45, 7) is 6.29. The Morgan fingerprint density at radius 1 is 1.32 bits per heavy atom. The molecule has 0 aromatic carbocycles. The summed E-state index contributed by atoms with van der Waals surface area (Å²) < 4.78 is 0. The Balaban J connectivity index is 2.70. The lowest BCUT2D eigenvalue weighted by Crippen LogP contribution is -2.51. The van der Waals surface area contributed by atoms with Crippen molar-refractivity contribution in [3.8, 4) is 0 Å². The minimum Gasteiger partial charge on any atom is -0.338 e. The van der Waals surface area contributed by atoms with Gasteiger partial charge in [0.05, 0.1) is 6.04 Å². The first kappa shape index (κ1) is 16.2. The van der Waals surface area contributed by atoms with E-state index in [1.54, 1.807) is 0 Å². The van der Waals surface area contributed by atoms with Crippen LogP contribution in [0.2, 0.25) is 0 Å². The molecule has 0 aliphatic heterocycles. The van der Waals surface area contributed by atoms with Crippen molar-refractivity contribution < 1.29 is 0 Å². The molecule has 0 spiro atoms. The van der Waals surface area contributed by atoms with Gasteiger partial charge in [0.15, 0.2) is 0 Å². The van der Waals surface area contributed by atoms with Gasteiger partial charge in [0.2, 0.25) is 5.96 Å². The molecule has 1 saturated carbocycles. The highest BCUT2D eigenvalue weighted by molar-refractivity contribution is 5.79. The van der Waals surface area contributed by atoms with Crippen LogP contribution in [-0.2, 0) is 0 Å². The topological polar surface area (TPSA) is 56.9 Å². The Bertz CT molecular complexity index is 271. The van der Waals surface area contributed by atoms with Crippen LogP contribution >= 0.6 is 0 Å². The third kappa shape index (κ3) is 5.37. The second-order valence-corrected chi connectivity index (χ2v) is 5.79. The Labute approximate surface area is 118 Å². The van der Waals surface area contributed by atoms with Crippen LogP contribution in [0.5, 0.6) is 0 Å². The molecule has 112 valence electrons. The summed E-state index contributed by atoms with van der Waals surface area (Å²) >= 11 is 0. The lowest BCUT2D eigenvalue weighted by molar-refractivity contribution is 0.256. The molecule has 0 saturated heterocycles. The Kier molecular flexibility index (Phi) is 7.16. The zero-order chi connectivity index (χ0) is 14.3. The first-order valence-electron chi connectivity index (χ1n) is 7.54. The maximum atomic E-state index is 5.70. The summed E-state index contributed by atoms with van der Waals surface area (Å²) in [6.07, 6.45) is 6.35. The average Bonchev–Trinajstić information content (AvgIpc) is 2.38. The Hall–Kier alpha value is -0.810. The monoisotopic (exact) mass is 269 g/mol. The summed E-state index contributed by atoms with van der Waals surface area (Å²) in [5.74, 6) is 6.55. The van der Waals surface area contributed by atoms with Gasteiger partial charge in [0.25, 0.3) is 0 Å². The van der Waals surface area contributed by atoms with Gasteiger partial charge in [-0.05, 0) is 40.8 Å². The smallest absolute Gasteiger partial charge is 0.208 e. The number of guanidine groups is 1. The highest BCUT2D eigenvalue weighted by Gasteiger charge is 2.19. The lowest BCUT2D eigenvalue weighted by atomic mass is 9.96. The summed E-state index contributed by atoms with van der Waals surface area (Å²) in [4.78, 5) is 9.30. The van der Waals surface area contributed by atoms with Gasteiger partial charge in [-0.15, -0.1) is 0 Å². The summed E-state index contributed by atoms with van der Waals surface area (Å²) in [5, 5.41) is 0. The van der Waals surface area contributed by atoms with Gasteiger partial charge in [-0.1, -0.05) is 19.3 Å². The zero-order valence-corrected chi connectivity index (χ0v) is 13.0. The zero-order valence-electron chi connectivity index (χ0n) is 13.0. The lowest BCUT2D eigenvalue weighted by Gasteiger charge is -2.33. The van der Waals surface area contributed by atoms with Crippen LogP contribution < -0.4 is 11.3 Å². The molecule has 0 radical (unpaired) electrons. The number of nitrogens with two attached hydrogens (primary N) is 1. The van der Waals surface area contributed by atoms with E-state index < -0.39 is 0 Å². The standard InChI is InChI=1S/C14H31N5/c1-5-19(12(2)11-18(3)4)14(17-15)16-13-9-7-6-8-10-13/h12-13H,5-11,15H2,1-4H3,(H,16,17). The fourth-order valence-electron chi connectivity index (χ4n) is 2.87. The molecule has 19 heavy (non-hydrogen) atoms. The third-order valence-corrected chi connectivity index (χ3v) is 3.78. The SMILES string of the molecule is CCN(C(=NC1CCCCC1)NN)C(C)CN(C)C. The minimum absolute atomic E-state index is 0.401. The van der Waals surface area contributed by atoms with Crippen molar-refractivity contribution in [2.24, 2.45) is 10.8 Å². The van der Waals surface area contributed by atoms with E-state index in [4.69, 9.17) is 10.8 Å². The number of rotatable bonds is 5. The second-order valence-electron chi connectivity index (χ2n) is 5.79. The van der Waals surface area contributed by atoms with E-state index in [9.17, 15) is 0 Å². The van der Waals surface area contributed by atoms with Crippen molar-refractivity contribution in [2.45, 2.75) is 58.0 Å². The van der Waals surface area contributed by atoms with Crippen LogP contribution in [0.15, 0.2) is 4.99 Å². The molecule has 1 unspecified atom stereocenters. The van der Waals surface area contributed by atoms with Gasteiger partial charge in [-0.2, -0.15) is 0 Å². The van der Waals surface area contributed by atoms with E-state index in [0.717, 1.165) is 19.0 Å². The summed E-state index contributed by atoms with van der Waals surface area (Å²) in [5.41, 5.74) is 2.81. The fourth-order valence-corrected chi connectivity index (χ4v) is 2.87. The maximum absolute atomic E-state index is 5.70. The maximum Gasteiger partial charge on any atom is 0.208 e. The van der Waals surface area contributed by atoms with Gasteiger partial charge in [0, 0.05) is 19.1 Å². The minimum atomic E-state index is 0.401. The molecule has 0 amide bonds. The Morgan fingerprint density at radius 2 is 1.95 bits per heavy atom. The van der Waals surface area contributed by atoms with Crippen molar-refractivity contribution in [3.05, 3.63) is 0 Å². The molecule has 1 atom stereocenters. The van der Waals surface area contributed by atoms with E-state index >= 15 is 0 Å². The number of nitrogens with zero attached hydrogens (tertiary/aromatic N) is 3. The van der Waals surface area contributed by atoms with Crippen molar-refractivity contribution in [1.29, 1.82) is 0 Å². The van der Waals surface area contributed by atoms with Gasteiger partial charge >= 0.3 is 0 Å². The number of hydrogen-bond acceptors (Lipinski definition) is 3. The van der Waals surface area contributed by atoms with Crippen LogP contribution in [0.25, 0.3) is 0 Å². The van der Waals surface area contributed by atoms with E-state index in [1.165, 1.54) is 32.1 Å². The molecule has 0 aromatic heterocycles. The number of aliphatic imine (C=N–C) groups is 1. The first-order valence-corrected chi connectivity index (χ1v) is 7.54. The van der Waals surface area contributed by atoms with Gasteiger partial charge in [-0.25, -0.2) is 10.8 Å². The molecule has 1 aliphatic rings. The first-order chi connectivity index (χ1) is 9.08. The molecule has 3 N–H and O–H groups in total. The molecular formula is C14H31N5. The fraction of sp³-hybridized carbons (Fsp3) is 0.929. The molecule has 5 nitrogen and oxygen atoms in total. The molecular weight excluding hydrogens is 238 g/mol. The molecule has 0 heterocycles. The molecule has 0 aromatic rings.